The number of carbonyl (C=O) groups is 1. The molecule has 0 saturated heterocycles. The molecule has 1 amide bonds. The van der Waals surface area contributed by atoms with Crippen molar-refractivity contribution in [2.75, 3.05) is 6.54 Å². The molecule has 1 atom stereocenters. The predicted octanol–water partition coefficient (Wildman–Crippen LogP) is 0.640. The molecule has 1 unspecified atom stereocenters. The highest BCUT2D eigenvalue weighted by Gasteiger charge is 2.20. The van der Waals surface area contributed by atoms with Gasteiger partial charge in [0.15, 0.2) is 0 Å². The first-order valence-corrected chi connectivity index (χ1v) is 4.70. The molecule has 0 heterocycles. The Morgan fingerprint density at radius 1 is 1.67 bits per heavy atom. The highest BCUT2D eigenvalue weighted by Crippen LogP contribution is 2.28. The van der Waals surface area contributed by atoms with Crippen molar-refractivity contribution in [2.45, 2.75) is 38.6 Å². The van der Waals surface area contributed by atoms with Crippen molar-refractivity contribution in [3.8, 4) is 0 Å². The second-order valence-corrected chi connectivity index (χ2v) is 3.78. The third-order valence-electron chi connectivity index (χ3n) is 2.32. The summed E-state index contributed by atoms with van der Waals surface area (Å²) in [5.41, 5.74) is 5.50. The summed E-state index contributed by atoms with van der Waals surface area (Å²) >= 11 is 0. The normalized spacial score (nSPS) is 19.8. The lowest BCUT2D eigenvalue weighted by Gasteiger charge is -2.24. The van der Waals surface area contributed by atoms with Crippen molar-refractivity contribution in [2.24, 2.45) is 11.7 Å². The lowest BCUT2D eigenvalue weighted by molar-refractivity contribution is -0.122. The zero-order valence-electron chi connectivity index (χ0n) is 7.68. The maximum atomic E-state index is 11.2. The molecule has 12 heavy (non-hydrogen) atoms. The van der Waals surface area contributed by atoms with Gasteiger partial charge in [0, 0.05) is 19.0 Å². The fourth-order valence-electron chi connectivity index (χ4n) is 1.31. The molecule has 0 radical (unpaired) electrons. The Kier molecular flexibility index (Phi) is 3.53. The first-order valence-electron chi connectivity index (χ1n) is 4.70. The van der Waals surface area contributed by atoms with E-state index in [1.807, 2.05) is 6.92 Å². The van der Waals surface area contributed by atoms with Crippen LogP contribution in [0, 0.1) is 5.92 Å². The van der Waals surface area contributed by atoms with Gasteiger partial charge in [-0.1, -0.05) is 6.42 Å². The standard InChI is InChI=1S/C9H18N2O/c1-7(10)6-11-9(12)5-8-3-2-4-8/h7-8H,2-6,10H2,1H3,(H,11,12). The molecule has 1 rings (SSSR count). The zero-order chi connectivity index (χ0) is 8.97. The molecule has 1 saturated carbocycles. The Balaban J connectivity index is 2.03. The Bertz CT molecular complexity index is 153. The van der Waals surface area contributed by atoms with Crippen molar-refractivity contribution >= 4 is 5.91 Å². The molecule has 1 fully saturated rings. The minimum Gasteiger partial charge on any atom is -0.355 e. The van der Waals surface area contributed by atoms with E-state index in [1.165, 1.54) is 19.3 Å². The molecule has 0 aromatic rings. The number of amides is 1. The van der Waals surface area contributed by atoms with E-state index in [2.05, 4.69) is 5.32 Å². The van der Waals surface area contributed by atoms with Crippen LogP contribution in [-0.4, -0.2) is 18.5 Å². The van der Waals surface area contributed by atoms with Crippen molar-refractivity contribution in [3.63, 3.8) is 0 Å². The van der Waals surface area contributed by atoms with Gasteiger partial charge in [0.05, 0.1) is 0 Å². The predicted molar refractivity (Wildman–Crippen MR) is 48.6 cm³/mol. The molecule has 0 aromatic carbocycles. The van der Waals surface area contributed by atoms with Gasteiger partial charge in [-0.05, 0) is 25.7 Å². The quantitative estimate of drug-likeness (QED) is 0.650. The van der Waals surface area contributed by atoms with Gasteiger partial charge in [-0.15, -0.1) is 0 Å². The molecule has 1 aliphatic carbocycles. The van der Waals surface area contributed by atoms with Gasteiger partial charge in [0.2, 0.25) is 5.91 Å². The van der Waals surface area contributed by atoms with Crippen molar-refractivity contribution in [1.29, 1.82) is 0 Å². The maximum Gasteiger partial charge on any atom is 0.220 e. The lowest BCUT2D eigenvalue weighted by atomic mass is 9.83. The second kappa shape index (κ2) is 4.45. The van der Waals surface area contributed by atoms with Crippen LogP contribution in [0.5, 0.6) is 0 Å². The number of rotatable bonds is 4. The Morgan fingerprint density at radius 3 is 2.75 bits per heavy atom. The van der Waals surface area contributed by atoms with Gasteiger partial charge in [-0.3, -0.25) is 4.79 Å². The van der Waals surface area contributed by atoms with Gasteiger partial charge in [0.25, 0.3) is 0 Å². The second-order valence-electron chi connectivity index (χ2n) is 3.78. The van der Waals surface area contributed by atoms with E-state index in [4.69, 9.17) is 5.73 Å². The fourth-order valence-corrected chi connectivity index (χ4v) is 1.31. The Morgan fingerprint density at radius 2 is 2.33 bits per heavy atom. The van der Waals surface area contributed by atoms with Gasteiger partial charge in [-0.2, -0.15) is 0 Å². The van der Waals surface area contributed by atoms with E-state index in [1.54, 1.807) is 0 Å². The van der Waals surface area contributed by atoms with E-state index in [0.29, 0.717) is 18.9 Å². The van der Waals surface area contributed by atoms with Crippen molar-refractivity contribution in [3.05, 3.63) is 0 Å². The molecule has 0 aromatic heterocycles. The number of carbonyl (C=O) groups excluding carboxylic acids is 1. The maximum absolute atomic E-state index is 11.2. The van der Waals surface area contributed by atoms with Crippen LogP contribution in [0.3, 0.4) is 0 Å². The topological polar surface area (TPSA) is 55.1 Å². The van der Waals surface area contributed by atoms with Crippen LogP contribution in [0.2, 0.25) is 0 Å². The van der Waals surface area contributed by atoms with Gasteiger partial charge in [-0.25, -0.2) is 0 Å². The third kappa shape index (κ3) is 3.22. The number of nitrogens with one attached hydrogen (secondary N) is 1. The van der Waals surface area contributed by atoms with Crippen LogP contribution in [0.25, 0.3) is 0 Å². The largest absolute Gasteiger partial charge is 0.355 e. The summed E-state index contributed by atoms with van der Waals surface area (Å²) in [6.07, 6.45) is 4.45. The monoisotopic (exact) mass is 170 g/mol. The van der Waals surface area contributed by atoms with E-state index in [0.717, 1.165) is 0 Å². The molecule has 0 spiro atoms. The first-order chi connectivity index (χ1) is 5.68. The van der Waals surface area contributed by atoms with Crippen LogP contribution < -0.4 is 11.1 Å². The molecular weight excluding hydrogens is 152 g/mol. The van der Waals surface area contributed by atoms with E-state index >= 15 is 0 Å². The first kappa shape index (κ1) is 9.52. The summed E-state index contributed by atoms with van der Waals surface area (Å²) in [5.74, 6) is 0.815. The van der Waals surface area contributed by atoms with Crippen LogP contribution in [0.4, 0.5) is 0 Å². The van der Waals surface area contributed by atoms with Gasteiger partial charge < -0.3 is 11.1 Å². The van der Waals surface area contributed by atoms with E-state index < -0.39 is 0 Å². The summed E-state index contributed by atoms with van der Waals surface area (Å²) in [6, 6.07) is 0.0651. The zero-order valence-corrected chi connectivity index (χ0v) is 7.68. The summed E-state index contributed by atoms with van der Waals surface area (Å²) in [6.45, 7) is 2.50. The molecule has 70 valence electrons. The highest BCUT2D eigenvalue weighted by atomic mass is 16.1. The average molecular weight is 170 g/mol. The molecule has 3 heteroatoms. The summed E-state index contributed by atoms with van der Waals surface area (Å²) in [5, 5.41) is 2.82. The van der Waals surface area contributed by atoms with Crippen molar-refractivity contribution < 1.29 is 4.79 Å². The Labute approximate surface area is 73.7 Å². The Hall–Kier alpha value is -0.570. The minimum atomic E-state index is 0.0651. The molecule has 3 N–H and O–H groups in total. The number of nitrogens with two attached hydrogens (primary N) is 1. The third-order valence-corrected chi connectivity index (χ3v) is 2.32. The minimum absolute atomic E-state index is 0.0651. The lowest BCUT2D eigenvalue weighted by Crippen LogP contribution is -2.36. The van der Waals surface area contributed by atoms with Crippen LogP contribution in [0.1, 0.15) is 32.6 Å². The molecular formula is C9H18N2O. The average Bonchev–Trinajstić information content (AvgIpc) is 1.93. The summed E-state index contributed by atoms with van der Waals surface area (Å²) in [7, 11) is 0. The highest BCUT2D eigenvalue weighted by molar-refractivity contribution is 5.76. The van der Waals surface area contributed by atoms with E-state index in [-0.39, 0.29) is 11.9 Å². The van der Waals surface area contributed by atoms with E-state index in [9.17, 15) is 4.79 Å². The van der Waals surface area contributed by atoms with Crippen LogP contribution in [0.15, 0.2) is 0 Å². The summed E-state index contributed by atoms with van der Waals surface area (Å²) < 4.78 is 0. The van der Waals surface area contributed by atoms with Crippen LogP contribution >= 0.6 is 0 Å². The number of hydrogen-bond acceptors (Lipinski definition) is 2. The molecule has 0 bridgehead atoms. The molecule has 1 aliphatic rings. The van der Waals surface area contributed by atoms with Crippen molar-refractivity contribution in [1.82, 2.24) is 5.32 Å². The SMILES string of the molecule is CC(N)CNC(=O)CC1CCC1. The van der Waals surface area contributed by atoms with Gasteiger partial charge >= 0.3 is 0 Å². The molecule has 0 aliphatic heterocycles. The van der Waals surface area contributed by atoms with Crippen LogP contribution in [-0.2, 0) is 4.79 Å². The smallest absolute Gasteiger partial charge is 0.220 e. The molecule has 3 nitrogen and oxygen atoms in total. The number of hydrogen-bond donors (Lipinski definition) is 2. The summed E-state index contributed by atoms with van der Waals surface area (Å²) in [4.78, 5) is 11.2. The fraction of sp³-hybridized carbons (Fsp3) is 0.889. The van der Waals surface area contributed by atoms with Gasteiger partial charge in [0.1, 0.15) is 0 Å².